The van der Waals surface area contributed by atoms with E-state index in [1.54, 1.807) is 0 Å². The van der Waals surface area contributed by atoms with Gasteiger partial charge >= 0.3 is 0 Å². The summed E-state index contributed by atoms with van der Waals surface area (Å²) >= 11 is 0. The van der Waals surface area contributed by atoms with Gasteiger partial charge in [-0.1, -0.05) is 6.42 Å². The van der Waals surface area contributed by atoms with Crippen LogP contribution in [0.4, 0.5) is 5.69 Å². The highest BCUT2D eigenvalue weighted by molar-refractivity contribution is 5.94. The summed E-state index contributed by atoms with van der Waals surface area (Å²) in [6, 6.07) is 6.91. The zero-order chi connectivity index (χ0) is 16.9. The van der Waals surface area contributed by atoms with Gasteiger partial charge in [-0.15, -0.1) is 10.2 Å². The predicted molar refractivity (Wildman–Crippen MR) is 91.5 cm³/mol. The van der Waals surface area contributed by atoms with E-state index in [2.05, 4.69) is 20.1 Å². The van der Waals surface area contributed by atoms with Gasteiger partial charge in [0.1, 0.15) is 11.9 Å². The molecule has 0 bridgehead atoms. The van der Waals surface area contributed by atoms with Gasteiger partial charge in [0, 0.05) is 31.3 Å². The highest BCUT2D eigenvalue weighted by Crippen LogP contribution is 2.24. The molecule has 2 aromatic rings. The molecular formula is C17H23N5O2. The highest BCUT2D eigenvalue weighted by atomic mass is 16.5. The number of nitrogens with one attached hydrogen (secondary N) is 1. The molecule has 1 aromatic carbocycles. The molecule has 7 nitrogen and oxygen atoms in total. The summed E-state index contributed by atoms with van der Waals surface area (Å²) in [6.45, 7) is 1.15. The smallest absolute Gasteiger partial charge is 0.243 e. The Morgan fingerprint density at radius 1 is 1.29 bits per heavy atom. The standard InChI is InChI=1S/C17H23N5O2/c1-24-11-14(18)17(23)19-13-8-6-12(7-9-13)16-21-20-15-5-3-2-4-10-22(15)16/h6-9,14H,2-5,10-11,18H2,1H3,(H,19,23). The summed E-state index contributed by atoms with van der Waals surface area (Å²) in [5.41, 5.74) is 7.41. The van der Waals surface area contributed by atoms with Crippen molar-refractivity contribution in [1.29, 1.82) is 0 Å². The average Bonchev–Trinajstić information content (AvgIpc) is 2.84. The molecule has 24 heavy (non-hydrogen) atoms. The summed E-state index contributed by atoms with van der Waals surface area (Å²) in [5, 5.41) is 11.4. The minimum Gasteiger partial charge on any atom is -0.383 e. The Hall–Kier alpha value is -2.25. The van der Waals surface area contributed by atoms with Crippen LogP contribution in [0.25, 0.3) is 11.4 Å². The molecule has 1 aliphatic heterocycles. The van der Waals surface area contributed by atoms with Crippen LogP contribution in [-0.2, 0) is 22.5 Å². The number of amides is 1. The van der Waals surface area contributed by atoms with Crippen molar-refractivity contribution >= 4 is 11.6 Å². The van der Waals surface area contributed by atoms with Crippen molar-refractivity contribution in [2.24, 2.45) is 5.73 Å². The second-order valence-electron chi connectivity index (χ2n) is 6.03. The molecule has 3 rings (SSSR count). The van der Waals surface area contributed by atoms with Crippen LogP contribution in [-0.4, -0.2) is 40.4 Å². The number of anilines is 1. The second kappa shape index (κ2) is 7.55. The third-order valence-electron chi connectivity index (χ3n) is 4.20. The van der Waals surface area contributed by atoms with E-state index in [4.69, 9.17) is 10.5 Å². The molecule has 0 spiro atoms. The number of aryl methyl sites for hydroxylation is 1. The number of hydrogen-bond donors (Lipinski definition) is 2. The summed E-state index contributed by atoms with van der Waals surface area (Å²) in [4.78, 5) is 11.9. The van der Waals surface area contributed by atoms with Crippen LogP contribution in [0.15, 0.2) is 24.3 Å². The number of nitrogens with zero attached hydrogens (tertiary/aromatic N) is 3. The van der Waals surface area contributed by atoms with Crippen molar-refractivity contribution in [3.8, 4) is 11.4 Å². The molecule has 3 N–H and O–H groups in total. The van der Waals surface area contributed by atoms with Gasteiger partial charge in [0.15, 0.2) is 5.82 Å². The van der Waals surface area contributed by atoms with Gasteiger partial charge in [-0.2, -0.15) is 0 Å². The minimum absolute atomic E-state index is 0.190. The SMILES string of the molecule is COCC(N)C(=O)Nc1ccc(-c2nnc3n2CCCCC3)cc1. The maximum absolute atomic E-state index is 11.9. The zero-order valence-electron chi connectivity index (χ0n) is 13.9. The Morgan fingerprint density at radius 3 is 2.83 bits per heavy atom. The first-order valence-electron chi connectivity index (χ1n) is 8.27. The summed E-state index contributed by atoms with van der Waals surface area (Å²) in [6.07, 6.45) is 4.54. The van der Waals surface area contributed by atoms with E-state index in [0.29, 0.717) is 5.69 Å². The number of hydrogen-bond acceptors (Lipinski definition) is 5. The fourth-order valence-electron chi connectivity index (χ4n) is 2.89. The third kappa shape index (κ3) is 3.63. The van der Waals surface area contributed by atoms with Gasteiger partial charge in [0.05, 0.1) is 6.61 Å². The largest absolute Gasteiger partial charge is 0.383 e. The van der Waals surface area contributed by atoms with Crippen molar-refractivity contribution < 1.29 is 9.53 Å². The van der Waals surface area contributed by atoms with Crippen LogP contribution in [0.3, 0.4) is 0 Å². The van der Waals surface area contributed by atoms with Gasteiger partial charge in [-0.3, -0.25) is 4.79 Å². The minimum atomic E-state index is -0.679. The molecule has 0 fully saturated rings. The van der Waals surface area contributed by atoms with E-state index >= 15 is 0 Å². The molecule has 1 unspecified atom stereocenters. The van der Waals surface area contributed by atoms with Crippen molar-refractivity contribution in [2.75, 3.05) is 19.0 Å². The number of aromatic nitrogens is 3. The Bertz CT molecular complexity index is 696. The number of nitrogens with two attached hydrogens (primary N) is 1. The molecule has 0 aliphatic carbocycles. The van der Waals surface area contributed by atoms with Gasteiger partial charge in [0.25, 0.3) is 0 Å². The maximum atomic E-state index is 11.9. The van der Waals surface area contributed by atoms with Gasteiger partial charge in [-0.25, -0.2) is 0 Å². The number of methoxy groups -OCH3 is 1. The first-order chi connectivity index (χ1) is 11.7. The summed E-state index contributed by atoms with van der Waals surface area (Å²) < 4.78 is 7.09. The molecular weight excluding hydrogens is 306 g/mol. The number of benzene rings is 1. The Kier molecular flexibility index (Phi) is 5.22. The Morgan fingerprint density at radius 2 is 2.08 bits per heavy atom. The lowest BCUT2D eigenvalue weighted by molar-refractivity contribution is -0.118. The molecule has 0 radical (unpaired) electrons. The van der Waals surface area contributed by atoms with Crippen molar-refractivity contribution in [3.05, 3.63) is 30.1 Å². The number of fused-ring (bicyclic) bond motifs is 1. The normalized spacial score (nSPS) is 15.4. The van der Waals surface area contributed by atoms with E-state index in [1.807, 2.05) is 24.3 Å². The lowest BCUT2D eigenvalue weighted by Gasteiger charge is -2.12. The van der Waals surface area contributed by atoms with E-state index in [9.17, 15) is 4.79 Å². The number of carbonyl (C=O) groups is 1. The topological polar surface area (TPSA) is 95.1 Å². The monoisotopic (exact) mass is 329 g/mol. The van der Waals surface area contributed by atoms with Crippen LogP contribution >= 0.6 is 0 Å². The fourth-order valence-corrected chi connectivity index (χ4v) is 2.89. The average molecular weight is 329 g/mol. The molecule has 1 amide bonds. The Balaban J connectivity index is 1.73. The molecule has 1 aliphatic rings. The number of ether oxygens (including phenoxy) is 1. The molecule has 2 heterocycles. The van der Waals surface area contributed by atoms with Gasteiger partial charge in [-0.05, 0) is 37.1 Å². The van der Waals surface area contributed by atoms with E-state index in [1.165, 1.54) is 20.0 Å². The number of rotatable bonds is 5. The van der Waals surface area contributed by atoms with Crippen LogP contribution < -0.4 is 11.1 Å². The maximum Gasteiger partial charge on any atom is 0.243 e. The summed E-state index contributed by atoms with van der Waals surface area (Å²) in [5.74, 6) is 1.69. The van der Waals surface area contributed by atoms with Crippen LogP contribution in [0, 0.1) is 0 Å². The molecule has 0 saturated heterocycles. The first-order valence-corrected chi connectivity index (χ1v) is 8.27. The van der Waals surface area contributed by atoms with Crippen LogP contribution in [0.2, 0.25) is 0 Å². The highest BCUT2D eigenvalue weighted by Gasteiger charge is 2.16. The van der Waals surface area contributed by atoms with E-state index in [-0.39, 0.29) is 12.5 Å². The molecule has 7 heteroatoms. The van der Waals surface area contributed by atoms with Crippen molar-refractivity contribution in [2.45, 2.75) is 38.3 Å². The molecule has 128 valence electrons. The quantitative estimate of drug-likeness (QED) is 0.868. The zero-order valence-corrected chi connectivity index (χ0v) is 13.9. The molecule has 1 atom stereocenters. The van der Waals surface area contributed by atoms with E-state index < -0.39 is 6.04 Å². The van der Waals surface area contributed by atoms with Crippen molar-refractivity contribution in [1.82, 2.24) is 14.8 Å². The fraction of sp³-hybridized carbons (Fsp3) is 0.471. The first kappa shape index (κ1) is 16.6. The summed E-state index contributed by atoms with van der Waals surface area (Å²) in [7, 11) is 1.52. The van der Waals surface area contributed by atoms with Crippen molar-refractivity contribution in [3.63, 3.8) is 0 Å². The Labute approximate surface area is 141 Å². The lowest BCUT2D eigenvalue weighted by Crippen LogP contribution is -2.39. The number of carbonyl (C=O) groups excluding carboxylic acids is 1. The lowest BCUT2D eigenvalue weighted by atomic mass is 10.2. The van der Waals surface area contributed by atoms with Gasteiger partial charge in [0.2, 0.25) is 5.91 Å². The van der Waals surface area contributed by atoms with E-state index in [0.717, 1.165) is 36.6 Å². The molecule has 1 aromatic heterocycles. The van der Waals surface area contributed by atoms with Gasteiger partial charge < -0.3 is 20.4 Å². The van der Waals surface area contributed by atoms with Crippen LogP contribution in [0.1, 0.15) is 25.1 Å². The predicted octanol–water partition coefficient (Wildman–Crippen LogP) is 1.58. The van der Waals surface area contributed by atoms with Crippen LogP contribution in [0.5, 0.6) is 0 Å². The molecule has 0 saturated carbocycles. The third-order valence-corrected chi connectivity index (χ3v) is 4.20. The second-order valence-corrected chi connectivity index (χ2v) is 6.03.